The molecule has 0 fully saturated rings. The Bertz CT molecular complexity index is 384. The van der Waals surface area contributed by atoms with Crippen molar-refractivity contribution in [1.29, 1.82) is 0 Å². The zero-order chi connectivity index (χ0) is 7.68. The summed E-state index contributed by atoms with van der Waals surface area (Å²) in [5.74, 6) is -0.248. The summed E-state index contributed by atoms with van der Waals surface area (Å²) in [6.07, 6.45) is 4.34. The molecule has 0 saturated carbocycles. The normalized spacial score (nSPS) is 10.3. The average molecular weight is 146 g/mol. The van der Waals surface area contributed by atoms with Crippen LogP contribution in [0.2, 0.25) is 0 Å². The first kappa shape index (κ1) is 6.28. The highest BCUT2D eigenvalue weighted by Gasteiger charge is 1.93. The van der Waals surface area contributed by atoms with E-state index in [0.717, 1.165) is 5.39 Å². The van der Waals surface area contributed by atoms with Gasteiger partial charge < -0.3 is 0 Å². The maximum Gasteiger partial charge on any atom is 0.123 e. The van der Waals surface area contributed by atoms with Gasteiger partial charge in [-0.25, -0.2) is 4.39 Å². The number of fused-ring (bicyclic) bond motifs is 1. The van der Waals surface area contributed by atoms with E-state index in [1.807, 2.05) is 6.07 Å². The van der Waals surface area contributed by atoms with Crippen LogP contribution in [0.3, 0.4) is 0 Å². The highest BCUT2D eigenvalue weighted by molar-refractivity contribution is 5.80. The fourth-order valence-electron chi connectivity index (χ4n) is 0.995. The Morgan fingerprint density at radius 3 is 3.09 bits per heavy atom. The Labute approximate surface area is 63.5 Å². The predicted octanol–water partition coefficient (Wildman–Crippen LogP) is 2.17. The zero-order valence-corrected chi connectivity index (χ0v) is 5.71. The first-order valence-electron chi connectivity index (χ1n) is 3.28. The lowest BCUT2D eigenvalue weighted by Gasteiger charge is -1.93. The summed E-state index contributed by atoms with van der Waals surface area (Å²) in [6, 6.07) is 6.38. The van der Waals surface area contributed by atoms with Gasteiger partial charge in [-0.3, -0.25) is 4.98 Å². The Morgan fingerprint density at radius 1 is 1.27 bits per heavy atom. The van der Waals surface area contributed by atoms with Crippen LogP contribution in [0.25, 0.3) is 10.8 Å². The van der Waals surface area contributed by atoms with Gasteiger partial charge in [0.25, 0.3) is 0 Å². The zero-order valence-electron chi connectivity index (χ0n) is 5.71. The van der Waals surface area contributed by atoms with E-state index in [-0.39, 0.29) is 5.82 Å². The van der Waals surface area contributed by atoms with Gasteiger partial charge in [0.05, 0.1) is 6.20 Å². The van der Waals surface area contributed by atoms with E-state index in [1.165, 1.54) is 12.1 Å². The minimum Gasteiger partial charge on any atom is -0.254 e. The molecule has 53 valence electrons. The van der Waals surface area contributed by atoms with E-state index < -0.39 is 0 Å². The highest BCUT2D eigenvalue weighted by Crippen LogP contribution is 2.12. The number of hydrogen-bond acceptors (Lipinski definition) is 1. The van der Waals surface area contributed by atoms with Gasteiger partial charge in [0.1, 0.15) is 5.82 Å². The van der Waals surface area contributed by atoms with Crippen LogP contribution in [0.1, 0.15) is 0 Å². The summed E-state index contributed by atoms with van der Waals surface area (Å²) in [5, 5.41) is 1.67. The maximum atomic E-state index is 12.6. The summed E-state index contributed by atoms with van der Waals surface area (Å²) in [5.41, 5.74) is 0. The van der Waals surface area contributed by atoms with E-state index >= 15 is 0 Å². The van der Waals surface area contributed by atoms with Crippen molar-refractivity contribution in [2.24, 2.45) is 0 Å². The molecule has 0 spiro atoms. The minimum atomic E-state index is -0.248. The number of halogens is 1. The van der Waals surface area contributed by atoms with Crippen molar-refractivity contribution in [3.8, 4) is 0 Å². The Kier molecular flexibility index (Phi) is 1.32. The van der Waals surface area contributed by atoms with Crippen molar-refractivity contribution >= 4 is 10.8 Å². The lowest BCUT2D eigenvalue weighted by Crippen LogP contribution is -1.77. The van der Waals surface area contributed by atoms with E-state index in [2.05, 4.69) is 11.2 Å². The highest BCUT2D eigenvalue weighted by atomic mass is 19.1. The van der Waals surface area contributed by atoms with Crippen LogP contribution in [-0.2, 0) is 0 Å². The van der Waals surface area contributed by atoms with E-state index in [0.29, 0.717) is 5.39 Å². The third kappa shape index (κ3) is 1.07. The molecule has 0 saturated heterocycles. The summed E-state index contributed by atoms with van der Waals surface area (Å²) >= 11 is 0. The maximum absolute atomic E-state index is 12.6. The van der Waals surface area contributed by atoms with E-state index in [9.17, 15) is 4.39 Å². The monoisotopic (exact) mass is 146 g/mol. The van der Waals surface area contributed by atoms with E-state index in [4.69, 9.17) is 0 Å². The molecule has 0 aliphatic rings. The number of benzene rings is 1. The van der Waals surface area contributed by atoms with Gasteiger partial charge in [0, 0.05) is 11.6 Å². The molecule has 2 heteroatoms. The molecule has 11 heavy (non-hydrogen) atoms. The van der Waals surface area contributed by atoms with Crippen LogP contribution in [0.5, 0.6) is 0 Å². The molecule has 2 aromatic rings. The van der Waals surface area contributed by atoms with Crippen LogP contribution >= 0.6 is 0 Å². The lowest BCUT2D eigenvalue weighted by atomic mass is 10.2. The standard InChI is InChI=1S/C9H5FN/c10-9-2-1-7-3-4-11-6-8(7)5-9/h1-5H. The Hall–Kier alpha value is -1.44. The van der Waals surface area contributed by atoms with E-state index in [1.54, 1.807) is 12.3 Å². The van der Waals surface area contributed by atoms with Gasteiger partial charge in [0.2, 0.25) is 0 Å². The quantitative estimate of drug-likeness (QED) is 0.555. The first-order valence-corrected chi connectivity index (χ1v) is 3.28. The van der Waals surface area contributed by atoms with Crippen LogP contribution in [0.4, 0.5) is 4.39 Å². The fraction of sp³-hybridized carbons (Fsp3) is 0. The molecule has 0 aliphatic heterocycles. The summed E-state index contributed by atoms with van der Waals surface area (Å²) in [6.45, 7) is 0. The average Bonchev–Trinajstić information content (AvgIpc) is 2.04. The third-order valence-corrected chi connectivity index (χ3v) is 1.53. The molecule has 0 bridgehead atoms. The fourth-order valence-corrected chi connectivity index (χ4v) is 0.995. The molecule has 0 aliphatic carbocycles. The number of nitrogens with zero attached hydrogens (tertiary/aromatic N) is 1. The Morgan fingerprint density at radius 2 is 2.18 bits per heavy atom. The predicted molar refractivity (Wildman–Crippen MR) is 40.5 cm³/mol. The molecule has 1 radical (unpaired) electrons. The number of pyridine rings is 1. The molecule has 1 aromatic heterocycles. The molecule has 1 aromatic carbocycles. The summed E-state index contributed by atoms with van der Waals surface area (Å²) in [4.78, 5) is 3.76. The second kappa shape index (κ2) is 2.31. The summed E-state index contributed by atoms with van der Waals surface area (Å²) < 4.78 is 12.6. The topological polar surface area (TPSA) is 12.9 Å². The Balaban J connectivity index is 2.83. The van der Waals surface area contributed by atoms with Crippen molar-refractivity contribution in [3.63, 3.8) is 0 Å². The molecule has 0 atom stereocenters. The smallest absolute Gasteiger partial charge is 0.123 e. The number of rotatable bonds is 0. The molecule has 1 nitrogen and oxygen atoms in total. The van der Waals surface area contributed by atoms with Crippen LogP contribution < -0.4 is 0 Å². The van der Waals surface area contributed by atoms with Gasteiger partial charge in [-0.1, -0.05) is 6.07 Å². The molecular weight excluding hydrogens is 141 g/mol. The minimum absolute atomic E-state index is 0.248. The lowest BCUT2D eigenvalue weighted by molar-refractivity contribution is 0.629. The second-order valence-electron chi connectivity index (χ2n) is 2.29. The molecule has 1 heterocycles. The van der Waals surface area contributed by atoms with Crippen LogP contribution in [-0.4, -0.2) is 4.98 Å². The summed E-state index contributed by atoms with van der Waals surface area (Å²) in [7, 11) is 0. The largest absolute Gasteiger partial charge is 0.254 e. The molecule has 2 rings (SSSR count). The van der Waals surface area contributed by atoms with Gasteiger partial charge in [-0.15, -0.1) is 0 Å². The first-order chi connectivity index (χ1) is 5.36. The van der Waals surface area contributed by atoms with Crippen molar-refractivity contribution in [1.82, 2.24) is 4.98 Å². The number of hydrogen-bond donors (Lipinski definition) is 0. The molecular formula is C9H5FN. The van der Waals surface area contributed by atoms with Crippen LogP contribution in [0.15, 0.2) is 30.5 Å². The van der Waals surface area contributed by atoms with Crippen molar-refractivity contribution in [3.05, 3.63) is 42.5 Å². The van der Waals surface area contributed by atoms with Crippen molar-refractivity contribution < 1.29 is 4.39 Å². The second-order valence-corrected chi connectivity index (χ2v) is 2.29. The SMILES string of the molecule is Fc1ccc2ccn[c]c2c1. The van der Waals surface area contributed by atoms with Gasteiger partial charge in [-0.2, -0.15) is 0 Å². The van der Waals surface area contributed by atoms with Crippen molar-refractivity contribution in [2.45, 2.75) is 0 Å². The van der Waals surface area contributed by atoms with Gasteiger partial charge in [0.15, 0.2) is 0 Å². The number of aromatic nitrogens is 1. The molecule has 0 unspecified atom stereocenters. The van der Waals surface area contributed by atoms with Gasteiger partial charge in [-0.05, 0) is 23.6 Å². The van der Waals surface area contributed by atoms with Crippen LogP contribution in [0, 0.1) is 12.0 Å². The third-order valence-electron chi connectivity index (χ3n) is 1.53. The molecule has 0 amide bonds. The molecule has 0 N–H and O–H groups in total. The van der Waals surface area contributed by atoms with Crippen molar-refractivity contribution in [2.75, 3.05) is 0 Å². The van der Waals surface area contributed by atoms with Gasteiger partial charge >= 0.3 is 0 Å².